The quantitative estimate of drug-likeness (QED) is 0.508. The fourth-order valence-corrected chi connectivity index (χ4v) is 4.35. The van der Waals surface area contributed by atoms with Gasteiger partial charge in [0.05, 0.1) is 16.9 Å². The van der Waals surface area contributed by atoms with Crippen LogP contribution < -0.4 is 15.5 Å². The van der Waals surface area contributed by atoms with Crippen LogP contribution >= 0.6 is 0 Å². The molecule has 0 aromatic carbocycles. The Labute approximate surface area is 197 Å². The molecule has 2 amide bonds. The molecule has 9 nitrogen and oxygen atoms in total. The summed E-state index contributed by atoms with van der Waals surface area (Å²) in [6.45, 7) is 7.73. The Bertz CT molecular complexity index is 1260. The number of nitrogens with zero attached hydrogens (tertiary/aromatic N) is 4. The van der Waals surface area contributed by atoms with E-state index in [1.807, 2.05) is 24.3 Å². The summed E-state index contributed by atoms with van der Waals surface area (Å²) in [4.78, 5) is 41.4. The van der Waals surface area contributed by atoms with E-state index in [2.05, 4.69) is 44.0 Å². The van der Waals surface area contributed by atoms with Crippen LogP contribution in [0.5, 0.6) is 0 Å². The molecule has 0 radical (unpaired) electrons. The van der Waals surface area contributed by atoms with Crippen LogP contribution in [0.2, 0.25) is 0 Å². The minimum atomic E-state index is -0.286. The second-order valence-electron chi connectivity index (χ2n) is 8.59. The average molecular weight is 458 g/mol. The third kappa shape index (κ3) is 4.29. The molecule has 0 unspecified atom stereocenters. The Balaban J connectivity index is 1.49. The van der Waals surface area contributed by atoms with Crippen LogP contribution in [-0.2, 0) is 11.2 Å². The second kappa shape index (κ2) is 9.11. The fourth-order valence-electron chi connectivity index (χ4n) is 4.35. The maximum absolute atomic E-state index is 12.1. The van der Waals surface area contributed by atoms with Crippen LogP contribution in [0.4, 0.5) is 11.5 Å². The third-order valence-electron chi connectivity index (χ3n) is 6.28. The summed E-state index contributed by atoms with van der Waals surface area (Å²) in [5.74, 6) is 0.405. The first-order valence-corrected chi connectivity index (χ1v) is 11.4. The smallest absolute Gasteiger partial charge is 0.253 e. The van der Waals surface area contributed by atoms with Crippen molar-refractivity contribution in [1.29, 1.82) is 0 Å². The van der Waals surface area contributed by atoms with Crippen molar-refractivity contribution in [3.05, 3.63) is 60.6 Å². The van der Waals surface area contributed by atoms with Crippen LogP contribution in [0.15, 0.2) is 49.3 Å². The number of anilines is 2. The summed E-state index contributed by atoms with van der Waals surface area (Å²) in [6.07, 6.45) is 5.56. The molecular formula is C25H27N7O2. The SMILES string of the molecule is C=CC(=O)Nc1cc(-c2cc(-c3cc4c([nH]3)CCNC4=O)ccn2)cnc1N1CCN(C)CC1. The van der Waals surface area contributed by atoms with E-state index in [9.17, 15) is 9.59 Å². The number of pyridine rings is 2. The molecule has 5 rings (SSSR count). The van der Waals surface area contributed by atoms with Gasteiger partial charge in [-0.3, -0.25) is 14.6 Å². The molecular weight excluding hydrogens is 430 g/mol. The number of piperazine rings is 1. The molecule has 0 spiro atoms. The van der Waals surface area contributed by atoms with Gasteiger partial charge in [0.2, 0.25) is 5.91 Å². The van der Waals surface area contributed by atoms with Gasteiger partial charge in [-0.05, 0) is 37.4 Å². The number of hydrogen-bond donors (Lipinski definition) is 3. The molecule has 1 fully saturated rings. The maximum atomic E-state index is 12.1. The maximum Gasteiger partial charge on any atom is 0.253 e. The second-order valence-corrected chi connectivity index (χ2v) is 8.59. The number of rotatable bonds is 5. The minimum Gasteiger partial charge on any atom is -0.358 e. The molecule has 0 aliphatic carbocycles. The van der Waals surface area contributed by atoms with E-state index in [0.717, 1.165) is 66.6 Å². The van der Waals surface area contributed by atoms with Crippen LogP contribution in [0.1, 0.15) is 16.1 Å². The highest BCUT2D eigenvalue weighted by Crippen LogP contribution is 2.31. The van der Waals surface area contributed by atoms with Gasteiger partial charge in [0.1, 0.15) is 0 Å². The van der Waals surface area contributed by atoms with Crippen LogP contribution in [0, 0.1) is 0 Å². The van der Waals surface area contributed by atoms with Gasteiger partial charge in [-0.25, -0.2) is 4.98 Å². The highest BCUT2D eigenvalue weighted by molar-refractivity contribution is 6.01. The predicted molar refractivity (Wildman–Crippen MR) is 132 cm³/mol. The molecule has 174 valence electrons. The van der Waals surface area contributed by atoms with E-state index in [1.54, 1.807) is 12.4 Å². The monoisotopic (exact) mass is 457 g/mol. The number of nitrogens with one attached hydrogen (secondary N) is 3. The summed E-state index contributed by atoms with van der Waals surface area (Å²) < 4.78 is 0. The number of carbonyl (C=O) groups is 2. The Morgan fingerprint density at radius 2 is 1.97 bits per heavy atom. The number of H-pyrrole nitrogens is 1. The Hall–Kier alpha value is -3.98. The molecule has 3 N–H and O–H groups in total. The first-order chi connectivity index (χ1) is 16.5. The molecule has 0 atom stereocenters. The third-order valence-corrected chi connectivity index (χ3v) is 6.28. The van der Waals surface area contributed by atoms with Crippen LogP contribution in [-0.4, -0.2) is 71.4 Å². The number of carbonyl (C=O) groups excluding carboxylic acids is 2. The zero-order valence-electron chi connectivity index (χ0n) is 19.1. The van der Waals surface area contributed by atoms with Crippen LogP contribution in [0.3, 0.4) is 0 Å². The Morgan fingerprint density at radius 1 is 1.15 bits per heavy atom. The predicted octanol–water partition coefficient (Wildman–Crippen LogP) is 2.30. The molecule has 0 bridgehead atoms. The van der Waals surface area contributed by atoms with Crippen molar-refractivity contribution in [2.24, 2.45) is 0 Å². The van der Waals surface area contributed by atoms with Gasteiger partial charge < -0.3 is 25.4 Å². The fraction of sp³-hybridized carbons (Fsp3) is 0.280. The van der Waals surface area contributed by atoms with Crippen molar-refractivity contribution in [2.75, 3.05) is 50.0 Å². The van der Waals surface area contributed by atoms with Gasteiger partial charge in [0.15, 0.2) is 5.82 Å². The molecule has 2 aliphatic heterocycles. The molecule has 34 heavy (non-hydrogen) atoms. The van der Waals surface area contributed by atoms with Gasteiger partial charge in [0.25, 0.3) is 5.91 Å². The Morgan fingerprint density at radius 3 is 2.74 bits per heavy atom. The molecule has 3 aromatic heterocycles. The molecule has 9 heteroatoms. The molecule has 0 saturated carbocycles. The standard InChI is InChI=1S/C25H27N7O2/c1-3-23(33)30-22-13-17(15-28-24(22)32-10-8-31(2)9-11-32)20-12-16(4-6-26-20)21-14-18-19(29-21)5-7-27-25(18)34/h3-4,6,12-15,29H,1,5,7-11H2,2H3,(H,27,34)(H,30,33). The topological polar surface area (TPSA) is 106 Å². The largest absolute Gasteiger partial charge is 0.358 e. The first kappa shape index (κ1) is 21.8. The number of amides is 2. The summed E-state index contributed by atoms with van der Waals surface area (Å²) in [7, 11) is 2.10. The first-order valence-electron chi connectivity index (χ1n) is 11.4. The number of likely N-dealkylation sites (N-methyl/N-ethyl adjacent to an activating group) is 1. The van der Waals surface area contributed by atoms with Gasteiger partial charge in [-0.1, -0.05) is 6.58 Å². The van der Waals surface area contributed by atoms with Crippen molar-refractivity contribution < 1.29 is 9.59 Å². The highest BCUT2D eigenvalue weighted by Gasteiger charge is 2.22. The Kier molecular flexibility index (Phi) is 5.85. The zero-order chi connectivity index (χ0) is 23.7. The number of aromatic nitrogens is 3. The zero-order valence-corrected chi connectivity index (χ0v) is 19.1. The lowest BCUT2D eigenvalue weighted by molar-refractivity contribution is -0.111. The molecule has 1 saturated heterocycles. The normalized spacial score (nSPS) is 16.0. The molecule has 2 aliphatic rings. The average Bonchev–Trinajstić information content (AvgIpc) is 3.31. The number of fused-ring (bicyclic) bond motifs is 1. The van der Waals surface area contributed by atoms with Gasteiger partial charge in [-0.15, -0.1) is 0 Å². The van der Waals surface area contributed by atoms with Crippen molar-refractivity contribution in [1.82, 2.24) is 25.2 Å². The van der Waals surface area contributed by atoms with Gasteiger partial charge in [-0.2, -0.15) is 0 Å². The van der Waals surface area contributed by atoms with Gasteiger partial charge >= 0.3 is 0 Å². The summed E-state index contributed by atoms with van der Waals surface area (Å²) in [5.41, 5.74) is 5.57. The lowest BCUT2D eigenvalue weighted by Gasteiger charge is -2.34. The van der Waals surface area contributed by atoms with Crippen molar-refractivity contribution in [3.8, 4) is 22.5 Å². The molecule has 3 aromatic rings. The number of aromatic amines is 1. The van der Waals surface area contributed by atoms with E-state index in [0.29, 0.717) is 17.8 Å². The van der Waals surface area contributed by atoms with E-state index in [-0.39, 0.29) is 11.8 Å². The van der Waals surface area contributed by atoms with Gasteiger partial charge in [0, 0.05) is 74.1 Å². The lowest BCUT2D eigenvalue weighted by atomic mass is 10.1. The van der Waals surface area contributed by atoms with E-state index in [1.165, 1.54) is 6.08 Å². The van der Waals surface area contributed by atoms with Crippen LogP contribution in [0.25, 0.3) is 22.5 Å². The van der Waals surface area contributed by atoms with Crippen molar-refractivity contribution >= 4 is 23.3 Å². The van der Waals surface area contributed by atoms with E-state index < -0.39 is 0 Å². The highest BCUT2D eigenvalue weighted by atomic mass is 16.2. The minimum absolute atomic E-state index is 0.0515. The van der Waals surface area contributed by atoms with E-state index in [4.69, 9.17) is 4.98 Å². The lowest BCUT2D eigenvalue weighted by Crippen LogP contribution is -2.45. The summed E-state index contributed by atoms with van der Waals surface area (Å²) >= 11 is 0. The van der Waals surface area contributed by atoms with Crippen molar-refractivity contribution in [3.63, 3.8) is 0 Å². The van der Waals surface area contributed by atoms with E-state index >= 15 is 0 Å². The molecule has 5 heterocycles. The number of hydrogen-bond acceptors (Lipinski definition) is 6. The summed E-state index contributed by atoms with van der Waals surface area (Å²) in [6, 6.07) is 7.65. The van der Waals surface area contributed by atoms with Crippen molar-refractivity contribution in [2.45, 2.75) is 6.42 Å². The summed E-state index contributed by atoms with van der Waals surface area (Å²) in [5, 5.41) is 5.78.